The molecule has 0 saturated carbocycles. The van der Waals surface area contributed by atoms with E-state index in [9.17, 15) is 14.7 Å². The second kappa shape index (κ2) is 5.71. The van der Waals surface area contributed by atoms with Gasteiger partial charge in [-0.05, 0) is 18.6 Å². The topological polar surface area (TPSA) is 81.1 Å². The number of urea groups is 1. The predicted octanol–water partition coefficient (Wildman–Crippen LogP) is 0.764. The molecule has 0 radical (unpaired) electrons. The maximum atomic E-state index is 12.3. The van der Waals surface area contributed by atoms with Crippen molar-refractivity contribution >= 4 is 17.7 Å². The normalized spacial score (nSPS) is 18.4. The van der Waals surface area contributed by atoms with Crippen molar-refractivity contribution in [3.8, 4) is 0 Å². The van der Waals surface area contributed by atoms with Gasteiger partial charge >= 0.3 is 12.0 Å². The number of hydrogen-bond acceptors (Lipinski definition) is 3. The van der Waals surface area contributed by atoms with E-state index in [1.165, 1.54) is 9.80 Å². The first-order chi connectivity index (χ1) is 9.08. The highest BCUT2D eigenvalue weighted by Crippen LogP contribution is 2.18. The highest BCUT2D eigenvalue weighted by Gasteiger charge is 2.29. The van der Waals surface area contributed by atoms with Crippen LogP contribution in [0.25, 0.3) is 0 Å². The van der Waals surface area contributed by atoms with Crippen LogP contribution in [-0.2, 0) is 4.79 Å². The molecular formula is C13H16N2O4. The second-order valence-corrected chi connectivity index (χ2v) is 4.49. The van der Waals surface area contributed by atoms with Crippen LogP contribution in [0.4, 0.5) is 10.5 Å². The van der Waals surface area contributed by atoms with E-state index in [-0.39, 0.29) is 12.6 Å². The molecule has 0 bridgehead atoms. The number of carboxylic acid groups (broad SMARTS) is 1. The number of aliphatic hydroxyl groups is 1. The molecule has 0 aliphatic carbocycles. The fraction of sp³-hybridized carbons (Fsp3) is 0.385. The van der Waals surface area contributed by atoms with Crippen LogP contribution in [0.2, 0.25) is 0 Å². The van der Waals surface area contributed by atoms with Gasteiger partial charge in [0.1, 0.15) is 6.54 Å². The van der Waals surface area contributed by atoms with Gasteiger partial charge in [-0.3, -0.25) is 9.69 Å². The zero-order valence-corrected chi connectivity index (χ0v) is 10.4. The summed E-state index contributed by atoms with van der Waals surface area (Å²) in [6.07, 6.45) is 0.00736. The van der Waals surface area contributed by atoms with Crippen LogP contribution < -0.4 is 4.90 Å². The van der Waals surface area contributed by atoms with E-state index >= 15 is 0 Å². The van der Waals surface area contributed by atoms with E-state index in [4.69, 9.17) is 5.11 Å². The Labute approximate surface area is 110 Å². The molecule has 1 aliphatic heterocycles. The van der Waals surface area contributed by atoms with Crippen molar-refractivity contribution in [2.24, 2.45) is 0 Å². The molecule has 1 aromatic carbocycles. The lowest BCUT2D eigenvalue weighted by Gasteiger charge is -2.26. The molecule has 6 heteroatoms. The van der Waals surface area contributed by atoms with Crippen molar-refractivity contribution in [1.82, 2.24) is 4.90 Å². The van der Waals surface area contributed by atoms with Crippen LogP contribution in [0.5, 0.6) is 0 Å². The van der Waals surface area contributed by atoms with Crippen LogP contribution in [0.15, 0.2) is 30.3 Å². The molecule has 2 N–H and O–H groups in total. The van der Waals surface area contributed by atoms with Crippen LogP contribution in [0.3, 0.4) is 0 Å². The molecule has 1 fully saturated rings. The summed E-state index contributed by atoms with van der Waals surface area (Å²) >= 11 is 0. The Morgan fingerprint density at radius 1 is 1.32 bits per heavy atom. The minimum atomic E-state index is -1.07. The first-order valence-corrected chi connectivity index (χ1v) is 6.09. The lowest BCUT2D eigenvalue weighted by molar-refractivity contribution is -0.135. The zero-order chi connectivity index (χ0) is 13.8. The smallest absolute Gasteiger partial charge is 0.325 e. The van der Waals surface area contributed by atoms with E-state index in [1.807, 2.05) is 0 Å². The third-order valence-corrected chi connectivity index (χ3v) is 3.03. The van der Waals surface area contributed by atoms with Gasteiger partial charge in [-0.1, -0.05) is 18.2 Å². The maximum absolute atomic E-state index is 12.3. The number of aliphatic carboxylic acids is 1. The lowest BCUT2D eigenvalue weighted by Crippen LogP contribution is -2.45. The van der Waals surface area contributed by atoms with E-state index in [0.29, 0.717) is 18.7 Å². The molecule has 1 aliphatic rings. The first kappa shape index (κ1) is 13.4. The zero-order valence-electron chi connectivity index (χ0n) is 10.4. The summed E-state index contributed by atoms with van der Waals surface area (Å²) < 4.78 is 0. The van der Waals surface area contributed by atoms with Crippen LogP contribution in [0, 0.1) is 0 Å². The van der Waals surface area contributed by atoms with Crippen LogP contribution in [-0.4, -0.2) is 52.9 Å². The monoisotopic (exact) mass is 264 g/mol. The van der Waals surface area contributed by atoms with Gasteiger partial charge in [-0.2, -0.15) is 0 Å². The van der Waals surface area contributed by atoms with Crippen LogP contribution >= 0.6 is 0 Å². The molecule has 2 amide bonds. The number of likely N-dealkylation sites (tertiary alicyclic amines) is 1. The third-order valence-electron chi connectivity index (χ3n) is 3.03. The largest absolute Gasteiger partial charge is 0.480 e. The average molecular weight is 264 g/mol. The second-order valence-electron chi connectivity index (χ2n) is 4.49. The number of para-hydroxylation sites is 1. The summed E-state index contributed by atoms with van der Waals surface area (Å²) in [5.41, 5.74) is 0.538. The molecule has 1 unspecified atom stereocenters. The lowest BCUT2D eigenvalue weighted by atomic mass is 10.3. The van der Waals surface area contributed by atoms with Gasteiger partial charge in [-0.25, -0.2) is 4.79 Å². The number of carbonyl (C=O) groups is 2. The van der Waals surface area contributed by atoms with Gasteiger partial charge in [0.05, 0.1) is 6.10 Å². The van der Waals surface area contributed by atoms with Gasteiger partial charge in [0.2, 0.25) is 0 Å². The number of aliphatic hydroxyl groups excluding tert-OH is 1. The number of hydrogen-bond donors (Lipinski definition) is 2. The molecule has 102 valence electrons. The number of nitrogens with zero attached hydrogens (tertiary/aromatic N) is 2. The van der Waals surface area contributed by atoms with Crippen molar-refractivity contribution in [2.45, 2.75) is 12.5 Å². The van der Waals surface area contributed by atoms with Crippen molar-refractivity contribution in [2.75, 3.05) is 24.5 Å². The summed E-state index contributed by atoms with van der Waals surface area (Å²) in [5.74, 6) is -1.07. The van der Waals surface area contributed by atoms with Gasteiger partial charge in [0, 0.05) is 18.8 Å². The number of benzene rings is 1. The van der Waals surface area contributed by atoms with E-state index in [2.05, 4.69) is 0 Å². The Morgan fingerprint density at radius 2 is 2.00 bits per heavy atom. The predicted molar refractivity (Wildman–Crippen MR) is 69.0 cm³/mol. The number of anilines is 1. The number of rotatable bonds is 3. The van der Waals surface area contributed by atoms with Gasteiger partial charge in [-0.15, -0.1) is 0 Å². The number of carboxylic acids is 1. The number of amides is 2. The Bertz CT molecular complexity index is 463. The number of carbonyl (C=O) groups excluding carboxylic acids is 1. The molecule has 2 rings (SSSR count). The Morgan fingerprint density at radius 3 is 2.53 bits per heavy atom. The van der Waals surface area contributed by atoms with Crippen molar-refractivity contribution in [3.63, 3.8) is 0 Å². The molecular weight excluding hydrogens is 248 g/mol. The minimum Gasteiger partial charge on any atom is -0.480 e. The maximum Gasteiger partial charge on any atom is 0.325 e. The Kier molecular flexibility index (Phi) is 4.01. The third kappa shape index (κ3) is 3.23. The van der Waals surface area contributed by atoms with E-state index < -0.39 is 18.6 Å². The van der Waals surface area contributed by atoms with Crippen molar-refractivity contribution in [3.05, 3.63) is 30.3 Å². The molecule has 19 heavy (non-hydrogen) atoms. The van der Waals surface area contributed by atoms with E-state index in [0.717, 1.165) is 0 Å². The molecule has 1 saturated heterocycles. The summed E-state index contributed by atoms with van der Waals surface area (Å²) in [6.45, 7) is 0.306. The summed E-state index contributed by atoms with van der Waals surface area (Å²) in [7, 11) is 0. The fourth-order valence-electron chi connectivity index (χ4n) is 2.10. The van der Waals surface area contributed by atoms with Crippen molar-refractivity contribution in [1.29, 1.82) is 0 Å². The quantitative estimate of drug-likeness (QED) is 0.844. The molecule has 0 spiro atoms. The summed E-state index contributed by atoms with van der Waals surface area (Å²) in [5, 5.41) is 18.4. The minimum absolute atomic E-state index is 0.252. The molecule has 1 atom stereocenters. The Balaban J connectivity index is 2.18. The van der Waals surface area contributed by atoms with Gasteiger partial charge in [0.15, 0.2) is 0 Å². The van der Waals surface area contributed by atoms with Gasteiger partial charge in [0.25, 0.3) is 0 Å². The molecule has 1 aromatic rings. The van der Waals surface area contributed by atoms with Crippen molar-refractivity contribution < 1.29 is 19.8 Å². The molecule has 1 heterocycles. The SMILES string of the molecule is O=C(O)CN(C(=O)N1CCC(O)C1)c1ccccc1. The average Bonchev–Trinajstić information content (AvgIpc) is 2.83. The molecule has 0 aromatic heterocycles. The first-order valence-electron chi connectivity index (χ1n) is 6.09. The summed E-state index contributed by atoms with van der Waals surface area (Å²) in [6, 6.07) is 8.28. The highest BCUT2D eigenvalue weighted by molar-refractivity contribution is 5.96. The van der Waals surface area contributed by atoms with Crippen LogP contribution in [0.1, 0.15) is 6.42 Å². The fourth-order valence-corrected chi connectivity index (χ4v) is 2.10. The van der Waals surface area contributed by atoms with E-state index in [1.54, 1.807) is 30.3 Å². The number of β-amino-alcohol motifs (C(OH)–C–C–N with tert-alkyl or cyclic N) is 1. The standard InChI is InChI=1S/C13H16N2O4/c16-11-6-7-14(8-11)13(19)15(9-12(17)18)10-4-2-1-3-5-10/h1-5,11,16H,6-9H2,(H,17,18). The Hall–Kier alpha value is -2.08. The van der Waals surface area contributed by atoms with Gasteiger partial charge < -0.3 is 15.1 Å². The summed E-state index contributed by atoms with van der Waals surface area (Å²) in [4.78, 5) is 25.9. The highest BCUT2D eigenvalue weighted by atomic mass is 16.4. The molecule has 6 nitrogen and oxygen atoms in total.